The van der Waals surface area contributed by atoms with Gasteiger partial charge in [0.05, 0.1) is 6.33 Å². The first-order chi connectivity index (χ1) is 8.00. The zero-order chi connectivity index (χ0) is 12.5. The number of sulfonamides is 1. The predicted molar refractivity (Wildman–Crippen MR) is 64.0 cm³/mol. The van der Waals surface area contributed by atoms with E-state index >= 15 is 0 Å². The third-order valence-corrected chi connectivity index (χ3v) is 4.70. The normalized spacial score (nSPS) is 21.2. The van der Waals surface area contributed by atoms with Gasteiger partial charge in [-0.15, -0.1) is 0 Å². The predicted octanol–water partition coefficient (Wildman–Crippen LogP) is -0.207. The maximum atomic E-state index is 12.2. The lowest BCUT2D eigenvalue weighted by Gasteiger charge is -2.19. The van der Waals surface area contributed by atoms with Gasteiger partial charge in [0.2, 0.25) is 0 Å². The topological polar surface area (TPSA) is 67.2 Å². The van der Waals surface area contributed by atoms with E-state index in [-0.39, 0.29) is 11.1 Å². The molecule has 1 atom stereocenters. The smallest absolute Gasteiger partial charge is 0.261 e. The van der Waals surface area contributed by atoms with Crippen molar-refractivity contribution in [3.05, 3.63) is 12.5 Å². The van der Waals surface area contributed by atoms with Crippen LogP contribution in [0.2, 0.25) is 0 Å². The molecule has 96 valence electrons. The molecule has 0 aliphatic carbocycles. The van der Waals surface area contributed by atoms with Crippen molar-refractivity contribution in [3.63, 3.8) is 0 Å². The van der Waals surface area contributed by atoms with Crippen LogP contribution in [0.3, 0.4) is 0 Å². The van der Waals surface area contributed by atoms with E-state index in [4.69, 9.17) is 0 Å². The molecule has 0 saturated carbocycles. The largest absolute Gasteiger partial charge is 0.339 e. The third-order valence-electron chi connectivity index (χ3n) is 3.00. The second-order valence-electron chi connectivity index (χ2n) is 4.46. The second-order valence-corrected chi connectivity index (χ2v) is 6.45. The van der Waals surface area contributed by atoms with Crippen LogP contribution in [0.1, 0.15) is 12.8 Å². The Kier molecular flexibility index (Phi) is 3.50. The lowest BCUT2D eigenvalue weighted by Crippen LogP contribution is -2.38. The second kappa shape index (κ2) is 4.75. The Bertz CT molecular complexity index is 476. The zero-order valence-electron chi connectivity index (χ0n) is 10.1. The Morgan fingerprint density at radius 3 is 2.94 bits per heavy atom. The number of rotatable bonds is 4. The highest BCUT2D eigenvalue weighted by Crippen LogP contribution is 2.14. The van der Waals surface area contributed by atoms with Gasteiger partial charge in [-0.25, -0.2) is 13.4 Å². The molecule has 2 rings (SSSR count). The van der Waals surface area contributed by atoms with Crippen LogP contribution >= 0.6 is 0 Å². The molecule has 6 nitrogen and oxygen atoms in total. The van der Waals surface area contributed by atoms with Gasteiger partial charge in [0, 0.05) is 32.9 Å². The molecular weight excluding hydrogens is 240 g/mol. The van der Waals surface area contributed by atoms with Crippen molar-refractivity contribution in [2.24, 2.45) is 7.05 Å². The first kappa shape index (κ1) is 12.5. The highest BCUT2D eigenvalue weighted by atomic mass is 32.2. The molecule has 1 aromatic rings. The molecule has 1 fully saturated rings. The van der Waals surface area contributed by atoms with Crippen molar-refractivity contribution in [1.29, 1.82) is 0 Å². The molecule has 0 spiro atoms. The van der Waals surface area contributed by atoms with Gasteiger partial charge in [0.25, 0.3) is 10.0 Å². The fraction of sp³-hybridized carbons (Fsp3) is 0.700. The quantitative estimate of drug-likeness (QED) is 0.811. The molecule has 1 aliphatic heterocycles. The van der Waals surface area contributed by atoms with Crippen LogP contribution in [-0.2, 0) is 17.1 Å². The van der Waals surface area contributed by atoms with Crippen LogP contribution in [0, 0.1) is 0 Å². The standard InChI is InChI=1S/C10H18N4O2S/c1-13-7-10(12-8-13)17(15,16)14(2)6-9-4-3-5-11-9/h7-9,11H,3-6H2,1-2H3. The first-order valence-electron chi connectivity index (χ1n) is 5.68. The number of likely N-dealkylation sites (N-methyl/N-ethyl adjacent to an activating group) is 1. The van der Waals surface area contributed by atoms with Crippen LogP contribution in [0.25, 0.3) is 0 Å². The average molecular weight is 258 g/mol. The Balaban J connectivity index is 2.09. The summed E-state index contributed by atoms with van der Waals surface area (Å²) in [4.78, 5) is 3.90. The summed E-state index contributed by atoms with van der Waals surface area (Å²) in [6.07, 6.45) is 5.16. The van der Waals surface area contributed by atoms with Crippen molar-refractivity contribution >= 4 is 10.0 Å². The molecule has 1 aromatic heterocycles. The molecule has 0 amide bonds. The summed E-state index contributed by atoms with van der Waals surface area (Å²) >= 11 is 0. The van der Waals surface area contributed by atoms with Crippen LogP contribution in [0.5, 0.6) is 0 Å². The Morgan fingerprint density at radius 2 is 2.41 bits per heavy atom. The van der Waals surface area contributed by atoms with E-state index in [9.17, 15) is 8.42 Å². The van der Waals surface area contributed by atoms with E-state index < -0.39 is 10.0 Å². The highest BCUT2D eigenvalue weighted by molar-refractivity contribution is 7.89. The van der Waals surface area contributed by atoms with Gasteiger partial charge in [-0.05, 0) is 19.4 Å². The number of aryl methyl sites for hydroxylation is 1. The summed E-state index contributed by atoms with van der Waals surface area (Å²) in [5, 5.41) is 3.40. The first-order valence-corrected chi connectivity index (χ1v) is 7.12. The number of nitrogens with one attached hydrogen (secondary N) is 1. The minimum Gasteiger partial charge on any atom is -0.339 e. The Hall–Kier alpha value is -0.920. The molecular formula is C10H18N4O2S. The summed E-state index contributed by atoms with van der Waals surface area (Å²) in [5.41, 5.74) is 0. The maximum absolute atomic E-state index is 12.2. The van der Waals surface area contributed by atoms with Gasteiger partial charge in [0.1, 0.15) is 0 Å². The zero-order valence-corrected chi connectivity index (χ0v) is 10.9. The SMILES string of the molecule is CN(CC1CCCN1)S(=O)(=O)c1cn(C)cn1. The van der Waals surface area contributed by atoms with Gasteiger partial charge in [0.15, 0.2) is 5.03 Å². The summed E-state index contributed by atoms with van der Waals surface area (Å²) in [6, 6.07) is 0.262. The van der Waals surface area contributed by atoms with Crippen molar-refractivity contribution < 1.29 is 8.42 Å². The van der Waals surface area contributed by atoms with Crippen molar-refractivity contribution in [2.75, 3.05) is 20.1 Å². The van der Waals surface area contributed by atoms with E-state index in [0.29, 0.717) is 6.54 Å². The van der Waals surface area contributed by atoms with E-state index in [1.54, 1.807) is 18.7 Å². The Morgan fingerprint density at radius 1 is 1.65 bits per heavy atom. The summed E-state index contributed by atoms with van der Waals surface area (Å²) in [6.45, 7) is 1.47. The fourth-order valence-corrected chi connectivity index (χ4v) is 3.18. The van der Waals surface area contributed by atoms with E-state index in [2.05, 4.69) is 10.3 Å². The van der Waals surface area contributed by atoms with Gasteiger partial charge in [-0.3, -0.25) is 0 Å². The van der Waals surface area contributed by atoms with Crippen molar-refractivity contribution in [1.82, 2.24) is 19.2 Å². The van der Waals surface area contributed by atoms with Crippen molar-refractivity contribution in [3.8, 4) is 0 Å². The van der Waals surface area contributed by atoms with Crippen LogP contribution < -0.4 is 5.32 Å². The third kappa shape index (κ3) is 2.67. The number of aromatic nitrogens is 2. The number of hydrogen-bond acceptors (Lipinski definition) is 4. The summed E-state index contributed by atoms with van der Waals surface area (Å²) in [5.74, 6) is 0. The average Bonchev–Trinajstić information content (AvgIpc) is 2.89. The molecule has 7 heteroatoms. The molecule has 1 saturated heterocycles. The van der Waals surface area contributed by atoms with E-state index in [0.717, 1.165) is 19.4 Å². The molecule has 1 unspecified atom stereocenters. The van der Waals surface area contributed by atoms with Crippen molar-refractivity contribution in [2.45, 2.75) is 23.9 Å². The minimum atomic E-state index is -3.44. The summed E-state index contributed by atoms with van der Waals surface area (Å²) in [7, 11) is -0.0885. The fourth-order valence-electron chi connectivity index (χ4n) is 2.00. The number of nitrogens with zero attached hydrogens (tertiary/aromatic N) is 3. The lowest BCUT2D eigenvalue weighted by molar-refractivity contribution is 0.416. The van der Waals surface area contributed by atoms with Gasteiger partial charge in [-0.1, -0.05) is 0 Å². The molecule has 0 aromatic carbocycles. The Labute approximate surface area is 102 Å². The van der Waals surface area contributed by atoms with Crippen LogP contribution in [0.4, 0.5) is 0 Å². The molecule has 1 aliphatic rings. The molecule has 0 bridgehead atoms. The number of hydrogen-bond donors (Lipinski definition) is 1. The maximum Gasteiger partial charge on any atom is 0.261 e. The molecule has 17 heavy (non-hydrogen) atoms. The highest BCUT2D eigenvalue weighted by Gasteiger charge is 2.26. The van der Waals surface area contributed by atoms with E-state index in [1.807, 2.05) is 0 Å². The minimum absolute atomic E-state index is 0.112. The molecule has 1 N–H and O–H groups in total. The van der Waals surface area contributed by atoms with Gasteiger partial charge < -0.3 is 9.88 Å². The molecule has 0 radical (unpaired) electrons. The van der Waals surface area contributed by atoms with E-state index in [1.165, 1.54) is 16.8 Å². The monoisotopic (exact) mass is 258 g/mol. The summed E-state index contributed by atoms with van der Waals surface area (Å²) < 4.78 is 27.3. The van der Waals surface area contributed by atoms with Gasteiger partial charge >= 0.3 is 0 Å². The molecule has 2 heterocycles. The van der Waals surface area contributed by atoms with Crippen LogP contribution in [0.15, 0.2) is 17.6 Å². The lowest BCUT2D eigenvalue weighted by atomic mass is 10.2. The van der Waals surface area contributed by atoms with Gasteiger partial charge in [-0.2, -0.15) is 4.31 Å². The number of imidazole rings is 1. The van der Waals surface area contributed by atoms with Crippen LogP contribution in [-0.4, -0.2) is 48.5 Å².